The highest BCUT2D eigenvalue weighted by Gasteiger charge is 2.33. The van der Waals surface area contributed by atoms with Gasteiger partial charge in [0.05, 0.1) is 19.4 Å². The van der Waals surface area contributed by atoms with Crippen molar-refractivity contribution in [1.82, 2.24) is 15.1 Å². The molecule has 1 fully saturated rings. The first-order chi connectivity index (χ1) is 11.5. The van der Waals surface area contributed by atoms with Crippen LogP contribution in [0, 0.1) is 13.8 Å². The molecule has 130 valence electrons. The summed E-state index contributed by atoms with van der Waals surface area (Å²) < 4.78 is 11.4. The fraction of sp³-hybridized carbons (Fsp3) is 0.500. The van der Waals surface area contributed by atoms with Crippen molar-refractivity contribution in [3.05, 3.63) is 47.3 Å². The second-order valence-electron chi connectivity index (χ2n) is 6.61. The molecule has 1 saturated heterocycles. The third kappa shape index (κ3) is 4.35. The summed E-state index contributed by atoms with van der Waals surface area (Å²) in [5.41, 5.74) is 2.30. The summed E-state index contributed by atoms with van der Waals surface area (Å²) in [6.07, 6.45) is 1.84. The van der Waals surface area contributed by atoms with Crippen LogP contribution in [0.15, 0.2) is 30.5 Å². The van der Waals surface area contributed by atoms with Gasteiger partial charge in [-0.2, -0.15) is 5.10 Å². The Labute approximate surface area is 142 Å². The van der Waals surface area contributed by atoms with Crippen LogP contribution in [0.4, 0.5) is 0 Å². The summed E-state index contributed by atoms with van der Waals surface area (Å²) in [5.74, 6) is 0.768. The maximum atomic E-state index is 10.9. The van der Waals surface area contributed by atoms with Crippen LogP contribution in [0.1, 0.15) is 16.8 Å². The zero-order valence-electron chi connectivity index (χ0n) is 14.3. The van der Waals surface area contributed by atoms with Crippen molar-refractivity contribution in [3.63, 3.8) is 0 Å². The lowest BCUT2D eigenvalue weighted by Gasteiger charge is -2.30. The molecule has 2 N–H and O–H groups in total. The number of β-amino-alcohol motifs (C(OH)–C–C–N with tert-alkyl or cyclic N) is 1. The van der Waals surface area contributed by atoms with Crippen LogP contribution in [0.3, 0.4) is 0 Å². The highest BCUT2D eigenvalue weighted by Crippen LogP contribution is 2.19. The molecule has 0 saturated carbocycles. The molecule has 1 aromatic heterocycles. The molecule has 0 bridgehead atoms. The van der Waals surface area contributed by atoms with Gasteiger partial charge >= 0.3 is 0 Å². The molecule has 0 aliphatic carbocycles. The second kappa shape index (κ2) is 7.34. The lowest BCUT2D eigenvalue weighted by atomic mass is 10.1. The molecule has 0 amide bonds. The topological polar surface area (TPSA) is 70.6 Å². The predicted molar refractivity (Wildman–Crippen MR) is 91.0 cm³/mol. The van der Waals surface area contributed by atoms with E-state index in [0.29, 0.717) is 13.2 Å². The van der Waals surface area contributed by atoms with Gasteiger partial charge < -0.3 is 14.6 Å². The number of benzene rings is 1. The van der Waals surface area contributed by atoms with E-state index in [2.05, 4.69) is 15.1 Å². The molecule has 6 nitrogen and oxygen atoms in total. The van der Waals surface area contributed by atoms with Crippen LogP contribution in [0.5, 0.6) is 5.75 Å². The molecule has 1 atom stereocenters. The minimum Gasteiger partial charge on any atom is -0.490 e. The lowest BCUT2D eigenvalue weighted by molar-refractivity contribution is -0.0646. The number of aliphatic hydroxyl groups is 1. The second-order valence-corrected chi connectivity index (χ2v) is 6.61. The summed E-state index contributed by atoms with van der Waals surface area (Å²) >= 11 is 0. The van der Waals surface area contributed by atoms with Crippen LogP contribution in [-0.2, 0) is 11.3 Å². The largest absolute Gasteiger partial charge is 0.490 e. The van der Waals surface area contributed by atoms with Crippen molar-refractivity contribution in [1.29, 1.82) is 0 Å². The van der Waals surface area contributed by atoms with Gasteiger partial charge in [-0.15, -0.1) is 0 Å². The van der Waals surface area contributed by atoms with E-state index >= 15 is 0 Å². The Hall–Kier alpha value is -1.89. The number of H-pyrrole nitrogens is 1. The van der Waals surface area contributed by atoms with E-state index in [1.54, 1.807) is 0 Å². The Kier molecular flexibility index (Phi) is 5.18. The van der Waals surface area contributed by atoms with Gasteiger partial charge in [0, 0.05) is 30.9 Å². The van der Waals surface area contributed by atoms with Gasteiger partial charge in [-0.3, -0.25) is 10.00 Å². The van der Waals surface area contributed by atoms with Gasteiger partial charge in [0.25, 0.3) is 0 Å². The van der Waals surface area contributed by atoms with Crippen molar-refractivity contribution in [2.45, 2.75) is 26.0 Å². The number of nitrogens with one attached hydrogen (secondary N) is 1. The minimum atomic E-state index is -1.03. The number of hydrogen-bond donors (Lipinski definition) is 2. The SMILES string of the molecule is Cc1cccc(OCC2(O)COCCN(Cc3cn[nH]c3C)C2)c1. The summed E-state index contributed by atoms with van der Waals surface area (Å²) in [4.78, 5) is 2.18. The van der Waals surface area contributed by atoms with E-state index < -0.39 is 5.60 Å². The van der Waals surface area contributed by atoms with Gasteiger partial charge in [-0.25, -0.2) is 0 Å². The Morgan fingerprint density at radius 1 is 1.42 bits per heavy atom. The standard InChI is InChI=1S/C18H25N3O3/c1-14-4-3-5-17(8-14)24-13-18(22)11-21(6-7-23-12-18)10-16-9-19-20-15(16)2/h3-5,8-9,22H,6-7,10-13H2,1-2H3,(H,19,20). The first kappa shape index (κ1) is 17.0. The maximum Gasteiger partial charge on any atom is 0.134 e. The fourth-order valence-corrected chi connectivity index (χ4v) is 2.92. The van der Waals surface area contributed by atoms with Crippen molar-refractivity contribution in [3.8, 4) is 5.75 Å². The number of aryl methyl sites for hydroxylation is 2. The van der Waals surface area contributed by atoms with E-state index in [9.17, 15) is 5.11 Å². The molecule has 0 radical (unpaired) electrons. The van der Waals surface area contributed by atoms with Gasteiger partial charge in [-0.05, 0) is 31.5 Å². The number of aromatic nitrogens is 2. The number of rotatable bonds is 5. The van der Waals surface area contributed by atoms with Crippen LogP contribution < -0.4 is 4.74 Å². The van der Waals surface area contributed by atoms with E-state index in [1.165, 1.54) is 0 Å². The molecule has 24 heavy (non-hydrogen) atoms. The quantitative estimate of drug-likeness (QED) is 0.872. The predicted octanol–water partition coefficient (Wildman–Crippen LogP) is 1.67. The number of ether oxygens (including phenoxy) is 2. The Morgan fingerprint density at radius 2 is 2.29 bits per heavy atom. The van der Waals surface area contributed by atoms with Gasteiger partial charge in [0.1, 0.15) is 18.0 Å². The Balaban J connectivity index is 1.63. The number of aromatic amines is 1. The van der Waals surface area contributed by atoms with Crippen LogP contribution in [0.2, 0.25) is 0 Å². The zero-order valence-corrected chi connectivity index (χ0v) is 14.3. The van der Waals surface area contributed by atoms with Crippen molar-refractivity contribution in [2.75, 3.05) is 32.9 Å². The molecule has 0 spiro atoms. The average Bonchev–Trinajstić information content (AvgIpc) is 2.85. The smallest absolute Gasteiger partial charge is 0.134 e. The maximum absolute atomic E-state index is 10.9. The van der Waals surface area contributed by atoms with E-state index in [4.69, 9.17) is 9.47 Å². The molecule has 2 aromatic rings. The molecule has 1 aliphatic rings. The van der Waals surface area contributed by atoms with Crippen molar-refractivity contribution in [2.24, 2.45) is 0 Å². The number of nitrogens with zero attached hydrogens (tertiary/aromatic N) is 2. The zero-order chi connectivity index (χ0) is 17.0. The van der Waals surface area contributed by atoms with Crippen LogP contribution >= 0.6 is 0 Å². The normalized spacial score (nSPS) is 22.3. The highest BCUT2D eigenvalue weighted by atomic mass is 16.5. The van der Waals surface area contributed by atoms with Crippen LogP contribution in [-0.4, -0.2) is 58.7 Å². The third-order valence-corrected chi connectivity index (χ3v) is 4.27. The van der Waals surface area contributed by atoms with E-state index in [1.807, 2.05) is 44.3 Å². The molecule has 2 heterocycles. The van der Waals surface area contributed by atoms with Gasteiger partial charge in [-0.1, -0.05) is 12.1 Å². The molecule has 1 unspecified atom stereocenters. The molecular formula is C18H25N3O3. The average molecular weight is 331 g/mol. The summed E-state index contributed by atoms with van der Waals surface area (Å²) in [6, 6.07) is 7.84. The summed E-state index contributed by atoms with van der Waals surface area (Å²) in [6.45, 7) is 7.12. The summed E-state index contributed by atoms with van der Waals surface area (Å²) in [5, 5.41) is 17.9. The first-order valence-electron chi connectivity index (χ1n) is 8.25. The van der Waals surface area contributed by atoms with Crippen molar-refractivity contribution >= 4 is 0 Å². The molecule has 1 aromatic carbocycles. The third-order valence-electron chi connectivity index (χ3n) is 4.27. The molecule has 3 rings (SSSR count). The molecule has 1 aliphatic heterocycles. The van der Waals surface area contributed by atoms with Gasteiger partial charge in [0.15, 0.2) is 0 Å². The first-order valence-corrected chi connectivity index (χ1v) is 8.25. The molecular weight excluding hydrogens is 306 g/mol. The van der Waals surface area contributed by atoms with Crippen LogP contribution in [0.25, 0.3) is 0 Å². The summed E-state index contributed by atoms with van der Waals surface area (Å²) in [7, 11) is 0. The minimum absolute atomic E-state index is 0.206. The Bertz CT molecular complexity index is 673. The number of hydrogen-bond acceptors (Lipinski definition) is 5. The highest BCUT2D eigenvalue weighted by molar-refractivity contribution is 5.27. The van der Waals surface area contributed by atoms with Crippen molar-refractivity contribution < 1.29 is 14.6 Å². The van der Waals surface area contributed by atoms with Gasteiger partial charge in [0.2, 0.25) is 0 Å². The molecule has 6 heteroatoms. The van der Waals surface area contributed by atoms with E-state index in [0.717, 1.165) is 35.7 Å². The monoisotopic (exact) mass is 331 g/mol. The Morgan fingerprint density at radius 3 is 3.04 bits per heavy atom. The van der Waals surface area contributed by atoms with E-state index in [-0.39, 0.29) is 13.2 Å². The lowest BCUT2D eigenvalue weighted by Crippen LogP contribution is -2.48. The fourth-order valence-electron chi connectivity index (χ4n) is 2.92.